The molecule has 0 aliphatic heterocycles. The smallest absolute Gasteiger partial charge is 0.345 e. The van der Waals surface area contributed by atoms with E-state index in [2.05, 4.69) is 0 Å². The molecule has 1 atom stereocenters. The highest BCUT2D eigenvalue weighted by Crippen LogP contribution is 2.18. The summed E-state index contributed by atoms with van der Waals surface area (Å²) in [4.78, 5) is 11.6. The molecule has 1 aromatic carbocycles. The van der Waals surface area contributed by atoms with E-state index in [4.69, 9.17) is 5.73 Å². The van der Waals surface area contributed by atoms with Crippen molar-refractivity contribution in [3.63, 3.8) is 0 Å². The normalized spacial score (nSPS) is 15.1. The number of nitrogens with two attached hydrogens (primary N) is 1. The molecule has 0 heterocycles. The van der Waals surface area contributed by atoms with Crippen molar-refractivity contribution in [2.45, 2.75) is 18.6 Å². The standard InChI is InChI=1S/C11H13F3N2O/c1-10(15,8-5-3-2-4-6-8)9(17)16-7-11(12,13)14/h2-6H,7,15H2,1H3,(H,16,17). The first-order valence-electron chi connectivity index (χ1n) is 4.93. The van der Waals surface area contributed by atoms with Crippen molar-refractivity contribution in [1.82, 2.24) is 5.32 Å². The van der Waals surface area contributed by atoms with Gasteiger partial charge in [-0.3, -0.25) is 4.79 Å². The third-order valence-electron chi connectivity index (χ3n) is 2.29. The van der Waals surface area contributed by atoms with E-state index in [0.29, 0.717) is 5.56 Å². The monoisotopic (exact) mass is 246 g/mol. The van der Waals surface area contributed by atoms with Crippen LogP contribution >= 0.6 is 0 Å². The fraction of sp³-hybridized carbons (Fsp3) is 0.364. The quantitative estimate of drug-likeness (QED) is 0.850. The van der Waals surface area contributed by atoms with Gasteiger partial charge in [0, 0.05) is 0 Å². The zero-order valence-corrected chi connectivity index (χ0v) is 9.21. The first kappa shape index (κ1) is 13.5. The highest BCUT2D eigenvalue weighted by molar-refractivity contribution is 5.86. The first-order valence-corrected chi connectivity index (χ1v) is 4.93. The Balaban J connectivity index is 2.74. The second-order valence-electron chi connectivity index (χ2n) is 3.87. The third-order valence-corrected chi connectivity index (χ3v) is 2.29. The second-order valence-corrected chi connectivity index (χ2v) is 3.87. The van der Waals surface area contributed by atoms with Crippen LogP contribution in [0.15, 0.2) is 30.3 Å². The van der Waals surface area contributed by atoms with Gasteiger partial charge in [-0.05, 0) is 12.5 Å². The summed E-state index contributed by atoms with van der Waals surface area (Å²) in [7, 11) is 0. The van der Waals surface area contributed by atoms with E-state index in [9.17, 15) is 18.0 Å². The van der Waals surface area contributed by atoms with Crippen LogP contribution in [-0.2, 0) is 10.3 Å². The van der Waals surface area contributed by atoms with E-state index in [1.54, 1.807) is 35.6 Å². The lowest BCUT2D eigenvalue weighted by molar-refractivity contribution is -0.141. The maximum Gasteiger partial charge on any atom is 0.405 e. The number of amides is 1. The Morgan fingerprint density at radius 1 is 1.29 bits per heavy atom. The summed E-state index contributed by atoms with van der Waals surface area (Å²) in [5.41, 5.74) is 4.71. The maximum absolute atomic E-state index is 12.0. The number of benzene rings is 1. The van der Waals surface area contributed by atoms with E-state index in [1.807, 2.05) is 0 Å². The Labute approximate surface area is 96.8 Å². The SMILES string of the molecule is CC(N)(C(=O)NCC(F)(F)F)c1ccccc1. The van der Waals surface area contributed by atoms with E-state index >= 15 is 0 Å². The van der Waals surface area contributed by atoms with Crippen LogP contribution in [-0.4, -0.2) is 18.6 Å². The zero-order valence-electron chi connectivity index (χ0n) is 9.21. The lowest BCUT2D eigenvalue weighted by Gasteiger charge is -2.24. The predicted octanol–water partition coefficient (Wildman–Crippen LogP) is 1.54. The summed E-state index contributed by atoms with van der Waals surface area (Å²) < 4.78 is 35.9. The van der Waals surface area contributed by atoms with Crippen molar-refractivity contribution in [3.8, 4) is 0 Å². The molecule has 3 nitrogen and oxygen atoms in total. The van der Waals surface area contributed by atoms with Gasteiger partial charge >= 0.3 is 6.18 Å². The molecule has 0 saturated heterocycles. The molecule has 94 valence electrons. The lowest BCUT2D eigenvalue weighted by atomic mass is 9.92. The summed E-state index contributed by atoms with van der Waals surface area (Å²) in [6, 6.07) is 8.24. The largest absolute Gasteiger partial charge is 0.405 e. The molecule has 6 heteroatoms. The van der Waals surface area contributed by atoms with Gasteiger partial charge < -0.3 is 11.1 Å². The summed E-state index contributed by atoms with van der Waals surface area (Å²) in [5, 5.41) is 1.77. The predicted molar refractivity (Wildman–Crippen MR) is 57.0 cm³/mol. The molecule has 0 fully saturated rings. The Bertz CT molecular complexity index is 387. The molecule has 1 unspecified atom stereocenters. The molecule has 0 saturated carbocycles. The molecule has 1 rings (SSSR count). The van der Waals surface area contributed by atoms with Crippen molar-refractivity contribution in [2.75, 3.05) is 6.54 Å². The third kappa shape index (κ3) is 3.74. The van der Waals surface area contributed by atoms with Gasteiger partial charge in [-0.15, -0.1) is 0 Å². The summed E-state index contributed by atoms with van der Waals surface area (Å²) in [5.74, 6) is -0.860. The summed E-state index contributed by atoms with van der Waals surface area (Å²) in [6.45, 7) is -0.0144. The number of hydrogen-bond donors (Lipinski definition) is 2. The molecule has 0 radical (unpaired) electrons. The van der Waals surface area contributed by atoms with Crippen molar-refractivity contribution in [1.29, 1.82) is 0 Å². The van der Waals surface area contributed by atoms with Crippen LogP contribution in [0.25, 0.3) is 0 Å². The van der Waals surface area contributed by atoms with Crippen molar-refractivity contribution >= 4 is 5.91 Å². The molecular weight excluding hydrogens is 233 g/mol. The molecule has 17 heavy (non-hydrogen) atoms. The zero-order chi connectivity index (χ0) is 13.1. The number of alkyl halides is 3. The van der Waals surface area contributed by atoms with E-state index < -0.39 is 24.2 Å². The number of carbonyl (C=O) groups is 1. The Hall–Kier alpha value is -1.56. The van der Waals surface area contributed by atoms with Crippen LogP contribution < -0.4 is 11.1 Å². The minimum atomic E-state index is -4.44. The molecule has 3 N–H and O–H groups in total. The minimum Gasteiger partial charge on any atom is -0.345 e. The number of hydrogen-bond acceptors (Lipinski definition) is 2. The average molecular weight is 246 g/mol. The van der Waals surface area contributed by atoms with E-state index in [1.165, 1.54) is 6.92 Å². The average Bonchev–Trinajstić information content (AvgIpc) is 2.26. The van der Waals surface area contributed by atoms with E-state index in [0.717, 1.165) is 0 Å². The molecule has 0 bridgehead atoms. The minimum absolute atomic E-state index is 0.458. The van der Waals surface area contributed by atoms with Gasteiger partial charge in [0.15, 0.2) is 0 Å². The van der Waals surface area contributed by atoms with Gasteiger partial charge in [0.25, 0.3) is 0 Å². The van der Waals surface area contributed by atoms with Crippen LogP contribution in [0, 0.1) is 0 Å². The van der Waals surface area contributed by atoms with Gasteiger partial charge in [-0.25, -0.2) is 0 Å². The molecule has 0 spiro atoms. The van der Waals surface area contributed by atoms with Crippen molar-refractivity contribution < 1.29 is 18.0 Å². The van der Waals surface area contributed by atoms with E-state index in [-0.39, 0.29) is 0 Å². The van der Waals surface area contributed by atoms with Crippen LogP contribution in [0.2, 0.25) is 0 Å². The molecule has 0 aliphatic carbocycles. The Morgan fingerprint density at radius 2 is 1.82 bits per heavy atom. The maximum atomic E-state index is 12.0. The molecular formula is C11H13F3N2O. The van der Waals surface area contributed by atoms with Gasteiger partial charge in [0.05, 0.1) is 0 Å². The first-order chi connectivity index (χ1) is 7.73. The number of nitrogens with one attached hydrogen (secondary N) is 1. The van der Waals surface area contributed by atoms with Gasteiger partial charge in [0.1, 0.15) is 12.1 Å². The Morgan fingerprint density at radius 3 is 2.29 bits per heavy atom. The van der Waals surface area contributed by atoms with Gasteiger partial charge in [-0.1, -0.05) is 30.3 Å². The van der Waals surface area contributed by atoms with Crippen molar-refractivity contribution in [2.24, 2.45) is 5.73 Å². The number of carbonyl (C=O) groups excluding carboxylic acids is 1. The molecule has 1 aromatic rings. The van der Waals surface area contributed by atoms with Crippen molar-refractivity contribution in [3.05, 3.63) is 35.9 Å². The fourth-order valence-corrected chi connectivity index (χ4v) is 1.28. The molecule has 0 aromatic heterocycles. The lowest BCUT2D eigenvalue weighted by Crippen LogP contribution is -2.51. The number of rotatable bonds is 3. The number of halogens is 3. The highest BCUT2D eigenvalue weighted by atomic mass is 19.4. The topological polar surface area (TPSA) is 55.1 Å². The van der Waals surface area contributed by atoms with Gasteiger partial charge in [0.2, 0.25) is 5.91 Å². The molecule has 1 amide bonds. The molecule has 0 aliphatic rings. The van der Waals surface area contributed by atoms with Crippen LogP contribution in [0.1, 0.15) is 12.5 Å². The Kier molecular flexibility index (Phi) is 3.77. The highest BCUT2D eigenvalue weighted by Gasteiger charge is 2.34. The van der Waals surface area contributed by atoms with Gasteiger partial charge in [-0.2, -0.15) is 13.2 Å². The van der Waals surface area contributed by atoms with Crippen LogP contribution in [0.5, 0.6) is 0 Å². The second kappa shape index (κ2) is 4.75. The summed E-state index contributed by atoms with van der Waals surface area (Å²) >= 11 is 0. The van der Waals surface area contributed by atoms with Crippen LogP contribution in [0.3, 0.4) is 0 Å². The van der Waals surface area contributed by atoms with Crippen LogP contribution in [0.4, 0.5) is 13.2 Å². The fourth-order valence-electron chi connectivity index (χ4n) is 1.28. The summed E-state index contributed by atoms with van der Waals surface area (Å²) in [6.07, 6.45) is -4.44.